The van der Waals surface area contributed by atoms with Crippen molar-refractivity contribution in [1.82, 2.24) is 14.7 Å². The van der Waals surface area contributed by atoms with E-state index in [-0.39, 0.29) is 23.1 Å². The molecule has 0 spiro atoms. The highest BCUT2D eigenvalue weighted by molar-refractivity contribution is 5.94. The van der Waals surface area contributed by atoms with Crippen LogP contribution in [0.15, 0.2) is 47.4 Å². The molecule has 7 heteroatoms. The number of hydrogen-bond donors (Lipinski definition) is 3. The van der Waals surface area contributed by atoms with Crippen molar-refractivity contribution in [2.75, 3.05) is 18.4 Å². The first-order valence-corrected chi connectivity index (χ1v) is 10.3. The van der Waals surface area contributed by atoms with E-state index in [1.807, 2.05) is 19.9 Å². The first-order valence-electron chi connectivity index (χ1n) is 10.3. The Morgan fingerprint density at radius 1 is 1.27 bits per heavy atom. The Morgan fingerprint density at radius 3 is 2.73 bits per heavy atom. The number of carbonyl (C=O) groups is 1. The number of carboxylic acids is 1. The highest BCUT2D eigenvalue weighted by Gasteiger charge is 2.21. The number of anilines is 1. The molecule has 3 heterocycles. The van der Waals surface area contributed by atoms with Crippen LogP contribution in [-0.4, -0.2) is 33.6 Å². The van der Waals surface area contributed by atoms with Crippen LogP contribution >= 0.6 is 0 Å². The van der Waals surface area contributed by atoms with Gasteiger partial charge in [0.05, 0.1) is 17.3 Å². The summed E-state index contributed by atoms with van der Waals surface area (Å²) in [6, 6.07) is 10.2. The molecule has 0 aliphatic carbocycles. The third-order valence-corrected chi connectivity index (χ3v) is 5.70. The van der Waals surface area contributed by atoms with E-state index in [4.69, 9.17) is 4.98 Å². The summed E-state index contributed by atoms with van der Waals surface area (Å²) in [7, 11) is 0. The van der Waals surface area contributed by atoms with E-state index >= 15 is 0 Å². The molecule has 0 saturated carbocycles. The average Bonchev–Trinajstić information content (AvgIpc) is 2.74. The second kappa shape index (κ2) is 8.28. The lowest BCUT2D eigenvalue weighted by Crippen LogP contribution is -2.28. The van der Waals surface area contributed by atoms with Gasteiger partial charge >= 0.3 is 5.97 Å². The SMILES string of the molecule is Cc1cc(C(C)Nc2ccccc2C(=O)O)c2nc(C3CCNCC3)cc(=O)n2c1. The maximum absolute atomic E-state index is 12.9. The van der Waals surface area contributed by atoms with Gasteiger partial charge in [-0.05, 0) is 63.5 Å². The highest BCUT2D eigenvalue weighted by atomic mass is 16.4. The number of benzene rings is 1. The van der Waals surface area contributed by atoms with Crippen LogP contribution in [-0.2, 0) is 0 Å². The number of piperidine rings is 1. The van der Waals surface area contributed by atoms with Crippen LogP contribution in [0.1, 0.15) is 58.9 Å². The molecule has 3 N–H and O–H groups in total. The standard InChI is InChI=1S/C23H26N4O3/c1-14-11-18(15(2)25-19-6-4-3-5-17(19)23(29)30)22-26-20(12-21(28)27(22)13-14)16-7-9-24-10-8-16/h3-6,11-13,15-16,24-25H,7-10H2,1-2H3,(H,29,30). The smallest absolute Gasteiger partial charge is 0.337 e. The summed E-state index contributed by atoms with van der Waals surface area (Å²) in [6.07, 6.45) is 3.73. The Bertz CT molecular complexity index is 1150. The molecular formula is C23H26N4O3. The highest BCUT2D eigenvalue weighted by Crippen LogP contribution is 2.27. The van der Waals surface area contributed by atoms with E-state index in [1.165, 1.54) is 0 Å². The quantitative estimate of drug-likeness (QED) is 0.601. The Labute approximate surface area is 174 Å². The first-order chi connectivity index (χ1) is 14.4. The van der Waals surface area contributed by atoms with Crippen LogP contribution in [0.25, 0.3) is 5.65 Å². The predicted octanol–water partition coefficient (Wildman–Crippen LogP) is 3.34. The van der Waals surface area contributed by atoms with Gasteiger partial charge in [-0.3, -0.25) is 9.20 Å². The molecule has 0 amide bonds. The van der Waals surface area contributed by atoms with Gasteiger partial charge in [-0.25, -0.2) is 9.78 Å². The third-order valence-electron chi connectivity index (χ3n) is 5.70. The normalized spacial score (nSPS) is 15.8. The molecule has 1 aromatic carbocycles. The van der Waals surface area contributed by atoms with E-state index in [1.54, 1.807) is 40.9 Å². The second-order valence-corrected chi connectivity index (χ2v) is 7.93. The lowest BCUT2D eigenvalue weighted by atomic mass is 9.94. The van der Waals surface area contributed by atoms with Gasteiger partial charge in [0.1, 0.15) is 5.65 Å². The fourth-order valence-corrected chi connectivity index (χ4v) is 4.14. The van der Waals surface area contributed by atoms with E-state index in [0.717, 1.165) is 42.8 Å². The van der Waals surface area contributed by atoms with Gasteiger partial charge in [0.15, 0.2) is 0 Å². The number of hydrogen-bond acceptors (Lipinski definition) is 5. The van der Waals surface area contributed by atoms with E-state index in [0.29, 0.717) is 11.3 Å². The average molecular weight is 406 g/mol. The topological polar surface area (TPSA) is 95.7 Å². The molecule has 1 aliphatic heterocycles. The Hall–Kier alpha value is -3.19. The van der Waals surface area contributed by atoms with Crippen LogP contribution in [0, 0.1) is 6.92 Å². The Balaban J connectivity index is 1.78. The van der Waals surface area contributed by atoms with E-state index < -0.39 is 5.97 Å². The van der Waals surface area contributed by atoms with Crippen molar-refractivity contribution >= 4 is 17.3 Å². The van der Waals surface area contributed by atoms with Crippen molar-refractivity contribution in [2.45, 2.75) is 38.6 Å². The first kappa shape index (κ1) is 20.1. The van der Waals surface area contributed by atoms with Crippen LogP contribution in [0.5, 0.6) is 0 Å². The number of aromatic nitrogens is 2. The van der Waals surface area contributed by atoms with Crippen LogP contribution in [0.4, 0.5) is 5.69 Å². The van der Waals surface area contributed by atoms with Crippen molar-refractivity contribution in [3.63, 3.8) is 0 Å². The van der Waals surface area contributed by atoms with Gasteiger partial charge in [0, 0.05) is 29.4 Å². The summed E-state index contributed by atoms with van der Waals surface area (Å²) in [5.41, 5.74) is 3.92. The summed E-state index contributed by atoms with van der Waals surface area (Å²) >= 11 is 0. The van der Waals surface area contributed by atoms with Gasteiger partial charge in [-0.2, -0.15) is 0 Å². The minimum atomic E-state index is -0.984. The largest absolute Gasteiger partial charge is 0.478 e. The van der Waals surface area contributed by atoms with Gasteiger partial charge in [-0.1, -0.05) is 12.1 Å². The third kappa shape index (κ3) is 3.93. The van der Waals surface area contributed by atoms with Crippen LogP contribution in [0.3, 0.4) is 0 Å². The van der Waals surface area contributed by atoms with Crippen molar-refractivity contribution in [3.05, 3.63) is 75.3 Å². The monoisotopic (exact) mass is 406 g/mol. The summed E-state index contributed by atoms with van der Waals surface area (Å²) < 4.78 is 1.59. The van der Waals surface area contributed by atoms with Crippen molar-refractivity contribution < 1.29 is 9.90 Å². The van der Waals surface area contributed by atoms with Crippen LogP contribution < -0.4 is 16.2 Å². The van der Waals surface area contributed by atoms with Gasteiger partial charge in [-0.15, -0.1) is 0 Å². The lowest BCUT2D eigenvalue weighted by Gasteiger charge is -2.23. The summed E-state index contributed by atoms with van der Waals surface area (Å²) in [5.74, 6) is -0.712. The van der Waals surface area contributed by atoms with E-state index in [9.17, 15) is 14.7 Å². The van der Waals surface area contributed by atoms with Crippen molar-refractivity contribution in [2.24, 2.45) is 0 Å². The maximum atomic E-state index is 12.9. The Morgan fingerprint density at radius 2 is 2.00 bits per heavy atom. The van der Waals surface area contributed by atoms with Crippen molar-refractivity contribution in [3.8, 4) is 0 Å². The van der Waals surface area contributed by atoms with Crippen molar-refractivity contribution in [1.29, 1.82) is 0 Å². The zero-order valence-electron chi connectivity index (χ0n) is 17.2. The molecule has 30 heavy (non-hydrogen) atoms. The Kier molecular flexibility index (Phi) is 5.55. The number of fused-ring (bicyclic) bond motifs is 1. The summed E-state index contributed by atoms with van der Waals surface area (Å²) in [6.45, 7) is 5.75. The second-order valence-electron chi connectivity index (χ2n) is 7.93. The molecule has 1 saturated heterocycles. The fourth-order valence-electron chi connectivity index (χ4n) is 4.14. The zero-order valence-corrected chi connectivity index (χ0v) is 17.2. The maximum Gasteiger partial charge on any atom is 0.337 e. The molecule has 1 atom stereocenters. The number of aromatic carboxylic acids is 1. The number of aryl methyl sites for hydroxylation is 1. The predicted molar refractivity (Wildman–Crippen MR) is 116 cm³/mol. The number of nitrogens with one attached hydrogen (secondary N) is 2. The zero-order chi connectivity index (χ0) is 21.3. The molecule has 4 rings (SSSR count). The minimum Gasteiger partial charge on any atom is -0.478 e. The van der Waals surface area contributed by atoms with Crippen LogP contribution in [0.2, 0.25) is 0 Å². The molecule has 0 bridgehead atoms. The van der Waals surface area contributed by atoms with Gasteiger partial charge in [0.2, 0.25) is 0 Å². The molecular weight excluding hydrogens is 380 g/mol. The van der Waals surface area contributed by atoms with Gasteiger partial charge < -0.3 is 15.7 Å². The van der Waals surface area contributed by atoms with Gasteiger partial charge in [0.25, 0.3) is 5.56 Å². The molecule has 0 radical (unpaired) electrons. The van der Waals surface area contributed by atoms with E-state index in [2.05, 4.69) is 10.6 Å². The molecule has 1 aliphatic rings. The number of pyridine rings is 1. The summed E-state index contributed by atoms with van der Waals surface area (Å²) in [5, 5.41) is 16.1. The number of para-hydroxylation sites is 1. The minimum absolute atomic E-state index is 0.0865. The molecule has 1 fully saturated rings. The number of nitrogens with zero attached hydrogens (tertiary/aromatic N) is 2. The fraction of sp³-hybridized carbons (Fsp3) is 0.348. The molecule has 1 unspecified atom stereocenters. The molecule has 2 aromatic heterocycles. The lowest BCUT2D eigenvalue weighted by molar-refractivity contribution is 0.0698. The molecule has 156 valence electrons. The molecule has 3 aromatic rings. The number of carboxylic acid groups (broad SMARTS) is 1. The molecule has 7 nitrogen and oxygen atoms in total. The number of rotatable bonds is 5. The summed E-state index contributed by atoms with van der Waals surface area (Å²) in [4.78, 5) is 29.3.